The van der Waals surface area contributed by atoms with E-state index >= 15 is 0 Å². The van der Waals surface area contributed by atoms with Crippen LogP contribution >= 0.6 is 0 Å². The maximum atomic E-state index is 11.3. The van der Waals surface area contributed by atoms with Crippen LogP contribution in [0.25, 0.3) is 0 Å². The van der Waals surface area contributed by atoms with Crippen molar-refractivity contribution < 1.29 is 12.9 Å². The summed E-state index contributed by atoms with van der Waals surface area (Å²) in [5.41, 5.74) is 0. The van der Waals surface area contributed by atoms with Gasteiger partial charge in [-0.3, -0.25) is 0 Å². The number of aromatic nitrogens is 2. The Labute approximate surface area is 107 Å². The minimum atomic E-state index is -2.84. The Hall–Kier alpha value is -0.950. The monoisotopic (exact) mass is 273 g/mol. The number of nitrogens with zero attached hydrogens (tertiary/aromatic N) is 2. The maximum Gasteiger partial charge on any atom is 0.240 e. The van der Waals surface area contributed by atoms with Gasteiger partial charge in [0.15, 0.2) is 15.7 Å². The van der Waals surface area contributed by atoms with Crippen molar-refractivity contribution in [1.82, 2.24) is 15.5 Å². The molecule has 0 amide bonds. The molecule has 1 saturated heterocycles. The predicted molar refractivity (Wildman–Crippen MR) is 66.9 cm³/mol. The zero-order valence-corrected chi connectivity index (χ0v) is 11.5. The van der Waals surface area contributed by atoms with Crippen LogP contribution in [0, 0.1) is 0 Å². The highest BCUT2D eigenvalue weighted by Gasteiger charge is 2.27. The Morgan fingerprint density at radius 2 is 2.33 bits per heavy atom. The highest BCUT2D eigenvalue weighted by Crippen LogP contribution is 2.15. The molecule has 2 unspecified atom stereocenters. The average molecular weight is 273 g/mol. The SMILES string of the molecule is CCC(C)c1noc(CNC2CCS(=O)(=O)C2)n1. The van der Waals surface area contributed by atoms with Crippen LogP contribution in [0.4, 0.5) is 0 Å². The Balaban J connectivity index is 1.86. The lowest BCUT2D eigenvalue weighted by Gasteiger charge is -2.07. The van der Waals surface area contributed by atoms with E-state index in [1.54, 1.807) is 0 Å². The lowest BCUT2D eigenvalue weighted by atomic mass is 10.1. The number of nitrogens with one attached hydrogen (secondary N) is 1. The molecule has 6 nitrogen and oxygen atoms in total. The molecule has 2 rings (SSSR count). The maximum absolute atomic E-state index is 11.3. The van der Waals surface area contributed by atoms with E-state index in [1.807, 2.05) is 6.92 Å². The van der Waals surface area contributed by atoms with Crippen LogP contribution in [0.3, 0.4) is 0 Å². The van der Waals surface area contributed by atoms with Gasteiger partial charge in [-0.25, -0.2) is 8.42 Å². The van der Waals surface area contributed by atoms with E-state index in [0.29, 0.717) is 24.7 Å². The van der Waals surface area contributed by atoms with Crippen molar-refractivity contribution in [3.8, 4) is 0 Å². The summed E-state index contributed by atoms with van der Waals surface area (Å²) in [6.07, 6.45) is 1.63. The van der Waals surface area contributed by atoms with E-state index in [1.165, 1.54) is 0 Å². The second-order valence-electron chi connectivity index (χ2n) is 4.84. The lowest BCUT2D eigenvalue weighted by Crippen LogP contribution is -2.29. The van der Waals surface area contributed by atoms with E-state index < -0.39 is 9.84 Å². The summed E-state index contributed by atoms with van der Waals surface area (Å²) in [7, 11) is -2.84. The second kappa shape index (κ2) is 5.36. The van der Waals surface area contributed by atoms with E-state index in [0.717, 1.165) is 6.42 Å². The fraction of sp³-hybridized carbons (Fsp3) is 0.818. The van der Waals surface area contributed by atoms with E-state index in [9.17, 15) is 8.42 Å². The van der Waals surface area contributed by atoms with Crippen molar-refractivity contribution in [1.29, 1.82) is 0 Å². The van der Waals surface area contributed by atoms with E-state index in [4.69, 9.17) is 4.52 Å². The first-order valence-corrected chi connectivity index (χ1v) is 8.08. The molecule has 1 aliphatic heterocycles. The fourth-order valence-corrected chi connectivity index (χ4v) is 3.62. The van der Waals surface area contributed by atoms with Crippen LogP contribution in [-0.2, 0) is 16.4 Å². The standard InChI is InChI=1S/C11H19N3O3S/c1-3-8(2)11-13-10(17-14-11)6-12-9-4-5-18(15,16)7-9/h8-9,12H,3-7H2,1-2H3. The Bertz CT molecular complexity index is 497. The molecule has 2 heterocycles. The van der Waals surface area contributed by atoms with Crippen LogP contribution in [0.1, 0.15) is 44.3 Å². The summed E-state index contributed by atoms with van der Waals surface area (Å²) in [5, 5.41) is 7.06. The average Bonchev–Trinajstić information content (AvgIpc) is 2.92. The fourth-order valence-electron chi connectivity index (χ4n) is 1.91. The van der Waals surface area contributed by atoms with Crippen molar-refractivity contribution in [2.24, 2.45) is 0 Å². The van der Waals surface area contributed by atoms with Crippen molar-refractivity contribution >= 4 is 9.84 Å². The summed E-state index contributed by atoms with van der Waals surface area (Å²) in [4.78, 5) is 4.29. The highest BCUT2D eigenvalue weighted by atomic mass is 32.2. The molecule has 0 bridgehead atoms. The van der Waals surface area contributed by atoms with Gasteiger partial charge in [0, 0.05) is 12.0 Å². The molecule has 7 heteroatoms. The van der Waals surface area contributed by atoms with Gasteiger partial charge in [-0.15, -0.1) is 0 Å². The molecule has 0 saturated carbocycles. The van der Waals surface area contributed by atoms with Gasteiger partial charge in [0.05, 0.1) is 18.1 Å². The summed E-state index contributed by atoms with van der Waals surface area (Å²) in [6, 6.07) is 0.00829. The van der Waals surface area contributed by atoms with Gasteiger partial charge in [0.1, 0.15) is 0 Å². The topological polar surface area (TPSA) is 85.1 Å². The van der Waals surface area contributed by atoms with Crippen molar-refractivity contribution in [3.05, 3.63) is 11.7 Å². The second-order valence-corrected chi connectivity index (χ2v) is 7.07. The lowest BCUT2D eigenvalue weighted by molar-refractivity contribution is 0.353. The third kappa shape index (κ3) is 3.29. The van der Waals surface area contributed by atoms with Crippen LogP contribution in [0.15, 0.2) is 4.52 Å². The molecule has 0 aliphatic carbocycles. The van der Waals surface area contributed by atoms with Crippen LogP contribution < -0.4 is 5.32 Å². The zero-order chi connectivity index (χ0) is 13.2. The summed E-state index contributed by atoms with van der Waals surface area (Å²) in [5.74, 6) is 2.00. The quantitative estimate of drug-likeness (QED) is 0.856. The molecule has 2 atom stereocenters. The van der Waals surface area contributed by atoms with Crippen molar-refractivity contribution in [3.63, 3.8) is 0 Å². The Kier molecular flexibility index (Phi) is 4.01. The van der Waals surface area contributed by atoms with Crippen LogP contribution in [0.2, 0.25) is 0 Å². The number of hydrogen-bond acceptors (Lipinski definition) is 6. The number of sulfone groups is 1. The van der Waals surface area contributed by atoms with Gasteiger partial charge in [-0.05, 0) is 12.8 Å². The number of rotatable bonds is 5. The van der Waals surface area contributed by atoms with E-state index in [2.05, 4.69) is 22.4 Å². The molecular weight excluding hydrogens is 254 g/mol. The predicted octanol–water partition coefficient (Wildman–Crippen LogP) is 0.860. The first-order valence-electron chi connectivity index (χ1n) is 6.26. The number of hydrogen-bond donors (Lipinski definition) is 1. The van der Waals surface area contributed by atoms with Crippen molar-refractivity contribution in [2.75, 3.05) is 11.5 Å². The van der Waals surface area contributed by atoms with Gasteiger partial charge in [-0.2, -0.15) is 4.98 Å². The first-order chi connectivity index (χ1) is 8.50. The van der Waals surface area contributed by atoms with Gasteiger partial charge < -0.3 is 9.84 Å². The van der Waals surface area contributed by atoms with Crippen LogP contribution in [-0.4, -0.2) is 36.1 Å². The summed E-state index contributed by atoms with van der Waals surface area (Å²) >= 11 is 0. The smallest absolute Gasteiger partial charge is 0.240 e. The third-order valence-corrected chi connectivity index (χ3v) is 5.08. The molecule has 102 valence electrons. The normalized spacial score (nSPS) is 24.2. The van der Waals surface area contributed by atoms with Crippen LogP contribution in [0.5, 0.6) is 0 Å². The minimum Gasteiger partial charge on any atom is -0.338 e. The Morgan fingerprint density at radius 1 is 1.56 bits per heavy atom. The zero-order valence-electron chi connectivity index (χ0n) is 10.7. The molecular formula is C11H19N3O3S. The molecule has 1 aromatic heterocycles. The van der Waals surface area contributed by atoms with Gasteiger partial charge in [0.2, 0.25) is 5.89 Å². The first kappa shape index (κ1) is 13.5. The van der Waals surface area contributed by atoms with E-state index in [-0.39, 0.29) is 23.5 Å². The van der Waals surface area contributed by atoms with Gasteiger partial charge in [-0.1, -0.05) is 19.0 Å². The molecule has 0 spiro atoms. The van der Waals surface area contributed by atoms with Crippen molar-refractivity contribution in [2.45, 2.75) is 45.2 Å². The molecule has 1 aromatic rings. The summed E-state index contributed by atoms with van der Waals surface area (Å²) < 4.78 is 27.7. The minimum absolute atomic E-state index is 0.00829. The molecule has 18 heavy (non-hydrogen) atoms. The van der Waals surface area contributed by atoms with Gasteiger partial charge >= 0.3 is 0 Å². The molecule has 0 radical (unpaired) electrons. The third-order valence-electron chi connectivity index (χ3n) is 3.31. The Morgan fingerprint density at radius 3 is 2.94 bits per heavy atom. The highest BCUT2D eigenvalue weighted by molar-refractivity contribution is 7.91. The molecule has 1 fully saturated rings. The van der Waals surface area contributed by atoms with Gasteiger partial charge in [0.25, 0.3) is 0 Å². The molecule has 1 N–H and O–H groups in total. The molecule has 1 aliphatic rings. The largest absolute Gasteiger partial charge is 0.338 e. The molecule has 0 aromatic carbocycles. The summed E-state index contributed by atoms with van der Waals surface area (Å²) in [6.45, 7) is 4.55.